The van der Waals surface area contributed by atoms with E-state index in [1.807, 2.05) is 28.8 Å². The second-order valence-corrected chi connectivity index (χ2v) is 6.19. The number of benzene rings is 2. The fourth-order valence-corrected chi connectivity index (χ4v) is 2.83. The molecule has 6 heteroatoms. The summed E-state index contributed by atoms with van der Waals surface area (Å²) in [7, 11) is 0. The number of halogens is 2. The van der Waals surface area contributed by atoms with Crippen LogP contribution in [-0.2, 0) is 11.3 Å². The quantitative estimate of drug-likeness (QED) is 0.753. The van der Waals surface area contributed by atoms with Gasteiger partial charge in [0.25, 0.3) is 0 Å². The van der Waals surface area contributed by atoms with Gasteiger partial charge in [-0.05, 0) is 37.3 Å². The largest absolute Gasteiger partial charge is 0.350 e. The van der Waals surface area contributed by atoms with Crippen LogP contribution in [0.2, 0.25) is 0 Å². The Hall–Kier alpha value is -2.21. The molecule has 1 N–H and O–H groups in total. The number of fused-ring (bicyclic) bond motifs is 1. The number of hydrogen-bond acceptors (Lipinski definition) is 2. The summed E-state index contributed by atoms with van der Waals surface area (Å²) in [4.78, 5) is 16.6. The molecule has 1 amide bonds. The summed E-state index contributed by atoms with van der Waals surface area (Å²) in [6, 6.07) is 11.8. The summed E-state index contributed by atoms with van der Waals surface area (Å²) in [6.45, 7) is 1.93. The molecule has 1 aromatic heterocycles. The number of carbonyl (C=O) groups is 1. The molecular formula is C17H15BrFN3O. The van der Waals surface area contributed by atoms with E-state index < -0.39 is 6.04 Å². The molecule has 0 spiro atoms. The summed E-state index contributed by atoms with van der Waals surface area (Å²) >= 11 is 3.30. The third kappa shape index (κ3) is 3.27. The molecule has 0 radical (unpaired) electrons. The van der Waals surface area contributed by atoms with Gasteiger partial charge < -0.3 is 9.88 Å². The van der Waals surface area contributed by atoms with Gasteiger partial charge in [-0.2, -0.15) is 0 Å². The highest BCUT2D eigenvalue weighted by molar-refractivity contribution is 9.10. The van der Waals surface area contributed by atoms with E-state index in [2.05, 4.69) is 26.2 Å². The average molecular weight is 376 g/mol. The lowest BCUT2D eigenvalue weighted by atomic mass is 10.2. The van der Waals surface area contributed by atoms with Crippen molar-refractivity contribution in [1.82, 2.24) is 14.9 Å². The molecule has 0 bridgehead atoms. The second-order valence-electron chi connectivity index (χ2n) is 5.27. The zero-order valence-corrected chi connectivity index (χ0v) is 14.0. The van der Waals surface area contributed by atoms with Gasteiger partial charge in [0.15, 0.2) is 0 Å². The van der Waals surface area contributed by atoms with Crippen molar-refractivity contribution in [2.75, 3.05) is 0 Å². The highest BCUT2D eigenvalue weighted by Gasteiger charge is 2.17. The van der Waals surface area contributed by atoms with Gasteiger partial charge in [0.2, 0.25) is 5.91 Å². The van der Waals surface area contributed by atoms with Gasteiger partial charge in [0, 0.05) is 16.6 Å². The number of rotatable bonds is 4. The van der Waals surface area contributed by atoms with Gasteiger partial charge in [0.05, 0.1) is 17.4 Å². The lowest BCUT2D eigenvalue weighted by Crippen LogP contribution is -2.30. The van der Waals surface area contributed by atoms with E-state index in [1.54, 1.807) is 25.4 Å². The van der Waals surface area contributed by atoms with Crippen molar-refractivity contribution in [2.24, 2.45) is 0 Å². The Morgan fingerprint density at radius 1 is 1.35 bits per heavy atom. The van der Waals surface area contributed by atoms with Crippen molar-refractivity contribution in [3.8, 4) is 0 Å². The highest BCUT2D eigenvalue weighted by atomic mass is 79.9. The maximum absolute atomic E-state index is 13.7. The maximum Gasteiger partial charge on any atom is 0.243 e. The Labute approximate surface area is 141 Å². The number of nitrogens with zero attached hydrogens (tertiary/aromatic N) is 2. The second kappa shape index (κ2) is 6.50. The summed E-state index contributed by atoms with van der Waals surface area (Å²) in [5, 5.41) is 2.77. The molecule has 118 valence electrons. The Kier molecular flexibility index (Phi) is 4.43. The summed E-state index contributed by atoms with van der Waals surface area (Å²) in [6.07, 6.45) is 1.65. The zero-order chi connectivity index (χ0) is 16.4. The van der Waals surface area contributed by atoms with Crippen LogP contribution in [0.3, 0.4) is 0 Å². The molecule has 0 saturated carbocycles. The molecule has 0 aliphatic carbocycles. The molecule has 4 nitrogen and oxygen atoms in total. The van der Waals surface area contributed by atoms with E-state index in [1.165, 1.54) is 6.07 Å². The number of nitrogens with one attached hydrogen (secondary N) is 1. The van der Waals surface area contributed by atoms with Crippen molar-refractivity contribution in [1.29, 1.82) is 0 Å². The lowest BCUT2D eigenvalue weighted by molar-refractivity contribution is -0.123. The third-order valence-corrected chi connectivity index (χ3v) is 4.23. The molecule has 0 saturated heterocycles. The first kappa shape index (κ1) is 15.7. The molecule has 2 aromatic carbocycles. The number of aromatic nitrogens is 2. The van der Waals surface area contributed by atoms with E-state index >= 15 is 0 Å². The maximum atomic E-state index is 13.7. The molecule has 0 aliphatic rings. The van der Waals surface area contributed by atoms with E-state index in [0.29, 0.717) is 5.56 Å². The average Bonchev–Trinajstić information content (AvgIpc) is 2.98. The number of amides is 1. The smallest absolute Gasteiger partial charge is 0.243 e. The van der Waals surface area contributed by atoms with Crippen molar-refractivity contribution in [2.45, 2.75) is 19.5 Å². The van der Waals surface area contributed by atoms with Crippen LogP contribution in [0.15, 0.2) is 53.3 Å². The molecule has 1 heterocycles. The number of carbonyl (C=O) groups excluding carboxylic acids is 1. The Morgan fingerprint density at radius 3 is 2.96 bits per heavy atom. The van der Waals surface area contributed by atoms with E-state index in [-0.39, 0.29) is 18.3 Å². The Morgan fingerprint density at radius 2 is 2.13 bits per heavy atom. The Balaban J connectivity index is 1.74. The number of hydrogen-bond donors (Lipinski definition) is 1. The summed E-state index contributed by atoms with van der Waals surface area (Å²) < 4.78 is 16.3. The zero-order valence-electron chi connectivity index (χ0n) is 12.5. The minimum Gasteiger partial charge on any atom is -0.350 e. The van der Waals surface area contributed by atoms with Crippen LogP contribution >= 0.6 is 15.9 Å². The molecule has 1 unspecified atom stereocenters. The van der Waals surface area contributed by atoms with Gasteiger partial charge in [-0.3, -0.25) is 4.79 Å². The van der Waals surface area contributed by atoms with Gasteiger partial charge in [-0.15, -0.1) is 0 Å². The van der Waals surface area contributed by atoms with Crippen molar-refractivity contribution >= 4 is 32.9 Å². The van der Waals surface area contributed by atoms with E-state index in [9.17, 15) is 9.18 Å². The fourth-order valence-electron chi connectivity index (χ4n) is 2.42. The predicted octanol–water partition coefficient (Wildman–Crippen LogP) is 3.82. The molecule has 1 atom stereocenters. The molecule has 0 aliphatic heterocycles. The standard InChI is InChI=1S/C17H15BrFN3O/c1-11(22-10-21-15-4-2-3-5-16(15)22)17(23)20-9-12-8-13(18)6-7-14(12)19/h2-8,10-11H,9H2,1H3,(H,20,23). The predicted molar refractivity (Wildman–Crippen MR) is 90.4 cm³/mol. The van der Waals surface area contributed by atoms with Gasteiger partial charge >= 0.3 is 0 Å². The molecule has 23 heavy (non-hydrogen) atoms. The first-order valence-corrected chi connectivity index (χ1v) is 7.99. The molecule has 3 rings (SSSR count). The normalized spacial score (nSPS) is 12.3. The lowest BCUT2D eigenvalue weighted by Gasteiger charge is -2.15. The highest BCUT2D eigenvalue weighted by Crippen LogP contribution is 2.18. The van der Waals surface area contributed by atoms with Crippen molar-refractivity contribution in [3.05, 3.63) is 64.6 Å². The first-order valence-electron chi connectivity index (χ1n) is 7.19. The van der Waals surface area contributed by atoms with Crippen LogP contribution < -0.4 is 5.32 Å². The van der Waals surface area contributed by atoms with Crippen molar-refractivity contribution in [3.63, 3.8) is 0 Å². The van der Waals surface area contributed by atoms with Gasteiger partial charge in [0.1, 0.15) is 11.9 Å². The minimum absolute atomic E-state index is 0.140. The van der Waals surface area contributed by atoms with Crippen LogP contribution in [0.4, 0.5) is 4.39 Å². The SMILES string of the molecule is CC(C(=O)NCc1cc(Br)ccc1F)n1cnc2ccccc21. The number of imidazole rings is 1. The fraction of sp³-hybridized carbons (Fsp3) is 0.176. The van der Waals surface area contributed by atoms with Crippen LogP contribution in [0.25, 0.3) is 11.0 Å². The molecule has 0 fully saturated rings. The van der Waals surface area contributed by atoms with Crippen LogP contribution in [-0.4, -0.2) is 15.5 Å². The van der Waals surface area contributed by atoms with Crippen LogP contribution in [0.5, 0.6) is 0 Å². The molecule has 3 aromatic rings. The van der Waals surface area contributed by atoms with E-state index in [4.69, 9.17) is 0 Å². The summed E-state index contributed by atoms with van der Waals surface area (Å²) in [5.74, 6) is -0.526. The van der Waals surface area contributed by atoms with Crippen LogP contribution in [0, 0.1) is 5.82 Å². The monoisotopic (exact) mass is 375 g/mol. The topological polar surface area (TPSA) is 46.9 Å². The van der Waals surface area contributed by atoms with E-state index in [0.717, 1.165) is 15.5 Å². The van der Waals surface area contributed by atoms with Gasteiger partial charge in [-0.25, -0.2) is 9.37 Å². The Bertz CT molecular complexity index is 862. The molecular weight excluding hydrogens is 361 g/mol. The summed E-state index contributed by atoms with van der Waals surface area (Å²) in [5.41, 5.74) is 2.17. The van der Waals surface area contributed by atoms with Gasteiger partial charge in [-0.1, -0.05) is 28.1 Å². The van der Waals surface area contributed by atoms with Crippen molar-refractivity contribution < 1.29 is 9.18 Å². The minimum atomic E-state index is -0.433. The first-order chi connectivity index (χ1) is 11.1. The van der Waals surface area contributed by atoms with Crippen LogP contribution in [0.1, 0.15) is 18.5 Å². The number of para-hydroxylation sites is 2. The third-order valence-electron chi connectivity index (χ3n) is 3.74.